The second-order valence-corrected chi connectivity index (χ2v) is 10.5. The van der Waals surface area contributed by atoms with Crippen molar-refractivity contribution >= 4 is 22.5 Å². The van der Waals surface area contributed by atoms with Crippen LogP contribution in [0.15, 0.2) is 24.5 Å². The molecule has 0 saturated carbocycles. The number of carbonyl (C=O) groups excluding carboxylic acids is 1. The van der Waals surface area contributed by atoms with Gasteiger partial charge in [-0.1, -0.05) is 13.8 Å². The van der Waals surface area contributed by atoms with Gasteiger partial charge in [-0.2, -0.15) is 13.2 Å². The molecule has 3 heterocycles. The summed E-state index contributed by atoms with van der Waals surface area (Å²) in [5.41, 5.74) is 0.117. The number of alkyl halides is 3. The maximum Gasteiger partial charge on any atom is 0.418 e. The number of hydrogen-bond acceptors (Lipinski definition) is 5. The summed E-state index contributed by atoms with van der Waals surface area (Å²) >= 11 is 0. The molecule has 2 aromatic rings. The smallest absolute Gasteiger partial charge is 0.369 e. The lowest BCUT2D eigenvalue weighted by atomic mass is 9.75. The number of carbonyl (C=O) groups is 1. The van der Waals surface area contributed by atoms with Gasteiger partial charge in [0.15, 0.2) is 0 Å². The molecule has 0 radical (unpaired) electrons. The lowest BCUT2D eigenvalue weighted by Crippen LogP contribution is -2.41. The van der Waals surface area contributed by atoms with E-state index < -0.39 is 11.7 Å². The van der Waals surface area contributed by atoms with Crippen molar-refractivity contribution < 1.29 is 18.0 Å². The van der Waals surface area contributed by atoms with Crippen molar-refractivity contribution in [1.29, 1.82) is 0 Å². The fraction of sp³-hybridized carbons (Fsp3) is 0.640. The maximum absolute atomic E-state index is 13.5. The third-order valence-electron chi connectivity index (χ3n) is 7.33. The predicted octanol–water partition coefficient (Wildman–Crippen LogP) is 5.19. The summed E-state index contributed by atoms with van der Waals surface area (Å²) in [6, 6.07) is 2.61. The van der Waals surface area contributed by atoms with E-state index in [0.29, 0.717) is 36.8 Å². The lowest BCUT2D eigenvalue weighted by molar-refractivity contribution is -0.136. The third-order valence-corrected chi connectivity index (χ3v) is 7.33. The molecule has 5 nitrogen and oxygen atoms in total. The molecular formula is C25H33F3N4O. The zero-order valence-corrected chi connectivity index (χ0v) is 19.7. The van der Waals surface area contributed by atoms with Gasteiger partial charge in [0.1, 0.15) is 16.8 Å². The van der Waals surface area contributed by atoms with E-state index in [1.807, 2.05) is 0 Å². The Labute approximate surface area is 193 Å². The molecule has 8 heteroatoms. The van der Waals surface area contributed by atoms with Crippen LogP contribution in [-0.2, 0) is 11.0 Å². The van der Waals surface area contributed by atoms with Gasteiger partial charge in [-0.3, -0.25) is 14.8 Å². The normalized spacial score (nSPS) is 24.2. The lowest BCUT2D eigenvalue weighted by Gasteiger charge is -2.40. The number of likely N-dealkylation sites (tertiary alicyclic amines) is 1. The highest BCUT2D eigenvalue weighted by atomic mass is 19.4. The second kappa shape index (κ2) is 9.20. The number of aromatic nitrogens is 2. The molecule has 2 fully saturated rings. The highest BCUT2D eigenvalue weighted by Crippen LogP contribution is 2.39. The number of rotatable bonds is 5. The first-order valence-corrected chi connectivity index (χ1v) is 11.8. The fourth-order valence-corrected chi connectivity index (χ4v) is 5.56. The number of nitrogens with zero attached hydrogens (tertiary/aromatic N) is 4. The first kappa shape index (κ1) is 23.9. The van der Waals surface area contributed by atoms with E-state index in [1.54, 1.807) is 0 Å². The Balaban J connectivity index is 1.50. The quantitative estimate of drug-likeness (QED) is 0.612. The Kier molecular flexibility index (Phi) is 6.67. The van der Waals surface area contributed by atoms with E-state index in [2.05, 4.69) is 40.7 Å². The Morgan fingerprint density at radius 1 is 1.12 bits per heavy atom. The highest BCUT2D eigenvalue weighted by molar-refractivity contribution is 5.91. The molecule has 0 bridgehead atoms. The number of anilines is 1. The van der Waals surface area contributed by atoms with Crippen LogP contribution in [0.1, 0.15) is 51.5 Å². The van der Waals surface area contributed by atoms with Crippen molar-refractivity contribution in [2.24, 2.45) is 17.3 Å². The van der Waals surface area contributed by atoms with Crippen molar-refractivity contribution in [2.45, 2.75) is 52.1 Å². The number of Topliss-reactive ketones (excluding diaryl/α,β-unsaturated/α-hetero) is 1. The van der Waals surface area contributed by atoms with Gasteiger partial charge < -0.3 is 9.80 Å². The topological polar surface area (TPSA) is 49.3 Å². The molecule has 2 aliphatic heterocycles. The zero-order valence-electron chi connectivity index (χ0n) is 19.7. The van der Waals surface area contributed by atoms with Gasteiger partial charge in [-0.15, -0.1) is 0 Å². The molecule has 0 amide bonds. The van der Waals surface area contributed by atoms with Crippen LogP contribution in [0.4, 0.5) is 18.9 Å². The number of piperidine rings is 2. The van der Waals surface area contributed by atoms with Crippen LogP contribution in [0.25, 0.3) is 11.0 Å². The van der Waals surface area contributed by atoms with Gasteiger partial charge in [-0.25, -0.2) is 0 Å². The summed E-state index contributed by atoms with van der Waals surface area (Å²) in [7, 11) is 2.12. The first-order chi connectivity index (χ1) is 15.5. The van der Waals surface area contributed by atoms with Gasteiger partial charge in [0.2, 0.25) is 0 Å². The molecular weight excluding hydrogens is 429 g/mol. The summed E-state index contributed by atoms with van der Waals surface area (Å²) < 4.78 is 40.4. The van der Waals surface area contributed by atoms with Crippen molar-refractivity contribution in [3.8, 4) is 0 Å². The summed E-state index contributed by atoms with van der Waals surface area (Å²) in [6.45, 7) is 7.79. The van der Waals surface area contributed by atoms with Gasteiger partial charge in [0.05, 0.1) is 11.3 Å². The zero-order chi connectivity index (χ0) is 23.8. The Morgan fingerprint density at radius 3 is 2.45 bits per heavy atom. The molecule has 0 aliphatic carbocycles. The van der Waals surface area contributed by atoms with E-state index in [0.717, 1.165) is 45.0 Å². The predicted molar refractivity (Wildman–Crippen MR) is 123 cm³/mol. The first-order valence-electron chi connectivity index (χ1n) is 11.8. The largest absolute Gasteiger partial charge is 0.418 e. The minimum absolute atomic E-state index is 0.0722. The highest BCUT2D eigenvalue weighted by Gasteiger charge is 2.36. The summed E-state index contributed by atoms with van der Waals surface area (Å²) in [6.07, 6.45) is 2.41. The molecule has 33 heavy (non-hydrogen) atoms. The van der Waals surface area contributed by atoms with E-state index in [9.17, 15) is 18.0 Å². The van der Waals surface area contributed by atoms with Crippen molar-refractivity contribution in [3.63, 3.8) is 0 Å². The summed E-state index contributed by atoms with van der Waals surface area (Å²) in [5, 5.41) is 0. The number of ketones is 1. The molecule has 180 valence electrons. The molecule has 0 spiro atoms. The third kappa shape index (κ3) is 5.48. The van der Waals surface area contributed by atoms with E-state index >= 15 is 0 Å². The van der Waals surface area contributed by atoms with Gasteiger partial charge >= 0.3 is 6.18 Å². The minimum atomic E-state index is -4.49. The number of hydrogen-bond donors (Lipinski definition) is 0. The summed E-state index contributed by atoms with van der Waals surface area (Å²) in [5.74, 6) is 0.827. The molecule has 2 aliphatic rings. The van der Waals surface area contributed by atoms with Crippen molar-refractivity contribution in [3.05, 3.63) is 30.1 Å². The van der Waals surface area contributed by atoms with Crippen molar-refractivity contribution in [1.82, 2.24) is 14.9 Å². The molecule has 2 saturated heterocycles. The van der Waals surface area contributed by atoms with Crippen molar-refractivity contribution in [2.75, 3.05) is 38.1 Å². The van der Waals surface area contributed by atoms with Crippen LogP contribution in [-0.4, -0.2) is 53.9 Å². The van der Waals surface area contributed by atoms with Gasteiger partial charge in [0, 0.05) is 38.3 Å². The average molecular weight is 463 g/mol. The number of halogens is 3. The van der Waals surface area contributed by atoms with Gasteiger partial charge in [-0.05, 0) is 68.8 Å². The summed E-state index contributed by atoms with van der Waals surface area (Å²) in [4.78, 5) is 25.7. The SMILES string of the molecule is C[C@H]1C[C@@H](CC(=O)CC2(C)CCN(C)CC2)CN(c2ccc(C(F)(F)F)c3nccnc23)C1. The molecule has 1 aromatic heterocycles. The Hall–Kier alpha value is -2.22. The van der Waals surface area contributed by atoms with Crippen LogP contribution < -0.4 is 4.90 Å². The van der Waals surface area contributed by atoms with Crippen LogP contribution in [0.2, 0.25) is 0 Å². The number of fused-ring (bicyclic) bond motifs is 1. The maximum atomic E-state index is 13.5. The van der Waals surface area contributed by atoms with E-state index in [-0.39, 0.29) is 22.4 Å². The molecule has 4 rings (SSSR count). The number of benzene rings is 1. The molecule has 0 unspecified atom stereocenters. The van der Waals surface area contributed by atoms with Crippen LogP contribution in [0.5, 0.6) is 0 Å². The average Bonchev–Trinajstić information content (AvgIpc) is 2.74. The van der Waals surface area contributed by atoms with Gasteiger partial charge in [0.25, 0.3) is 0 Å². The second-order valence-electron chi connectivity index (χ2n) is 10.5. The molecule has 0 N–H and O–H groups in total. The van der Waals surface area contributed by atoms with E-state index in [1.165, 1.54) is 18.5 Å². The minimum Gasteiger partial charge on any atom is -0.369 e. The van der Waals surface area contributed by atoms with Crippen LogP contribution >= 0.6 is 0 Å². The Bertz CT molecular complexity index is 1000. The van der Waals surface area contributed by atoms with Crippen LogP contribution in [0, 0.1) is 17.3 Å². The van der Waals surface area contributed by atoms with Crippen LogP contribution in [0.3, 0.4) is 0 Å². The Morgan fingerprint density at radius 2 is 1.79 bits per heavy atom. The standard InChI is InChI=1S/C25H33F3N4O/c1-17-12-18(13-19(33)14-24(2)6-10-31(3)11-7-24)16-32(15-17)21-5-4-20(25(26,27)28)22-23(21)30-9-8-29-22/h4-5,8-9,17-18H,6-7,10-16H2,1-3H3/t17-,18-/m0/s1. The fourth-order valence-electron chi connectivity index (χ4n) is 5.56. The molecule has 1 aromatic carbocycles. The monoisotopic (exact) mass is 462 g/mol. The molecule has 2 atom stereocenters. The van der Waals surface area contributed by atoms with E-state index in [4.69, 9.17) is 0 Å².